The molecule has 0 aromatic heterocycles. The third-order valence-corrected chi connectivity index (χ3v) is 0.467. The monoisotopic (exact) mass is 153 g/mol. The molecule has 0 saturated carbocycles. The van der Waals surface area contributed by atoms with Crippen molar-refractivity contribution in [3.05, 3.63) is 0 Å². The zero-order valence-electron chi connectivity index (χ0n) is 4.11. The molecule has 0 rings (SSSR count). The Balaban J connectivity index is 0. The van der Waals surface area contributed by atoms with Gasteiger partial charge in [-0.25, -0.2) is 0 Å². The van der Waals surface area contributed by atoms with E-state index in [1.54, 1.807) is 5.40 Å². The molecule has 0 aliphatic heterocycles. The number of thiocyanates is 1. The molecule has 0 atom stereocenters. The van der Waals surface area contributed by atoms with Gasteiger partial charge in [0.1, 0.15) is 5.40 Å². The Labute approximate surface area is 57.1 Å². The number of rotatable bonds is 1. The van der Waals surface area contributed by atoms with Gasteiger partial charge < -0.3 is 10.2 Å². The van der Waals surface area contributed by atoms with Crippen molar-refractivity contribution < 1.29 is 10.2 Å². The number of thiol groups is 1. The minimum absolute atomic E-state index is 0.125. The zero-order valence-corrected chi connectivity index (χ0v) is 5.82. The van der Waals surface area contributed by atoms with E-state index in [1.165, 1.54) is 0 Å². The summed E-state index contributed by atoms with van der Waals surface area (Å²) in [5, 5.41) is 24.5. The van der Waals surface area contributed by atoms with Crippen LogP contribution in [0.4, 0.5) is 0 Å². The van der Waals surface area contributed by atoms with Gasteiger partial charge in [0.25, 0.3) is 0 Å². The third kappa shape index (κ3) is 35.8. The molecule has 0 aliphatic rings. The fourth-order valence-electron chi connectivity index (χ4n) is 0. The summed E-state index contributed by atoms with van der Waals surface area (Å²) in [6.07, 6.45) is 0. The largest absolute Gasteiger partial charge is 0.394 e. The second-order valence-corrected chi connectivity index (χ2v) is 1.54. The molecule has 8 heavy (non-hydrogen) atoms. The van der Waals surface area contributed by atoms with E-state index in [0.29, 0.717) is 0 Å². The predicted molar refractivity (Wildman–Crippen MR) is 36.4 cm³/mol. The average molecular weight is 153 g/mol. The number of aliphatic hydroxyl groups excluding tert-OH is 2. The number of aliphatic hydroxyl groups is 2. The van der Waals surface area contributed by atoms with Crippen LogP contribution in [0.2, 0.25) is 0 Å². The lowest BCUT2D eigenvalue weighted by Crippen LogP contribution is -1.85. The molecule has 0 amide bonds. The van der Waals surface area contributed by atoms with Gasteiger partial charge in [0, 0.05) is 10.8 Å². The summed E-state index contributed by atoms with van der Waals surface area (Å²) in [4.78, 5) is 0. The van der Waals surface area contributed by atoms with Gasteiger partial charge in [0.2, 0.25) is 0 Å². The molecule has 2 N–H and O–H groups in total. The number of hydrogen-bond donors (Lipinski definition) is 3. The molecule has 0 unspecified atom stereocenters. The molecule has 0 aromatic carbocycles. The molecule has 0 fully saturated rings. The fraction of sp³-hybridized carbons (Fsp3) is 0.667. The standard InChI is InChI=1S/C2H6O2.CHNS2/c3-1-2-4;2-1-4-3/h3-4H,1-2H2;3H. The molecule has 0 heterocycles. The minimum atomic E-state index is -0.125. The van der Waals surface area contributed by atoms with E-state index < -0.39 is 0 Å². The molecule has 0 aliphatic carbocycles. The molecule has 0 radical (unpaired) electrons. The van der Waals surface area contributed by atoms with Crippen LogP contribution in [0.3, 0.4) is 0 Å². The van der Waals surface area contributed by atoms with Crippen LogP contribution in [0.5, 0.6) is 0 Å². The van der Waals surface area contributed by atoms with Crippen molar-refractivity contribution in [2.75, 3.05) is 13.2 Å². The van der Waals surface area contributed by atoms with E-state index in [-0.39, 0.29) is 13.2 Å². The predicted octanol–water partition coefficient (Wildman–Crippen LogP) is 0.0165. The quantitative estimate of drug-likeness (QED) is 0.282. The maximum atomic E-state index is 7.62. The highest BCUT2D eigenvalue weighted by Crippen LogP contribution is 1.97. The van der Waals surface area contributed by atoms with E-state index in [0.717, 1.165) is 10.8 Å². The van der Waals surface area contributed by atoms with Crippen LogP contribution in [0.1, 0.15) is 0 Å². The topological polar surface area (TPSA) is 64.2 Å². The van der Waals surface area contributed by atoms with Crippen molar-refractivity contribution >= 4 is 22.5 Å². The highest BCUT2D eigenvalue weighted by Gasteiger charge is 1.58. The molecule has 0 bridgehead atoms. The minimum Gasteiger partial charge on any atom is -0.394 e. The maximum Gasteiger partial charge on any atom is 0.144 e. The summed E-state index contributed by atoms with van der Waals surface area (Å²) >= 11 is 3.48. The van der Waals surface area contributed by atoms with Crippen LogP contribution in [0.25, 0.3) is 0 Å². The van der Waals surface area contributed by atoms with Crippen LogP contribution in [-0.4, -0.2) is 23.4 Å². The second kappa shape index (κ2) is 15.7. The Kier molecular flexibility index (Phi) is 21.6. The molecular weight excluding hydrogens is 146 g/mol. The first-order chi connectivity index (χ1) is 3.83. The molecular formula is C3H7NO2S2. The first kappa shape index (κ1) is 11.0. The van der Waals surface area contributed by atoms with Gasteiger partial charge in [-0.05, 0) is 0 Å². The third-order valence-electron chi connectivity index (χ3n) is 0.141. The van der Waals surface area contributed by atoms with Crippen molar-refractivity contribution in [3.8, 4) is 5.40 Å². The first-order valence-corrected chi connectivity index (χ1v) is 3.61. The number of hydrogen-bond acceptors (Lipinski definition) is 5. The molecule has 3 nitrogen and oxygen atoms in total. The van der Waals surface area contributed by atoms with E-state index in [9.17, 15) is 0 Å². The van der Waals surface area contributed by atoms with Gasteiger partial charge in [-0.15, -0.1) is 0 Å². The summed E-state index contributed by atoms with van der Waals surface area (Å²) in [6, 6.07) is 0. The molecule has 48 valence electrons. The lowest BCUT2D eigenvalue weighted by molar-refractivity contribution is 0.186. The Morgan fingerprint density at radius 2 is 1.75 bits per heavy atom. The van der Waals surface area contributed by atoms with Gasteiger partial charge in [-0.3, -0.25) is 0 Å². The smallest absolute Gasteiger partial charge is 0.144 e. The first-order valence-electron chi connectivity index (χ1n) is 1.74. The Morgan fingerprint density at radius 3 is 1.75 bits per heavy atom. The normalized spacial score (nSPS) is 6.25. The highest BCUT2D eigenvalue weighted by molar-refractivity contribution is 8.70. The van der Waals surface area contributed by atoms with Crippen molar-refractivity contribution in [1.82, 2.24) is 0 Å². The SMILES string of the molecule is N#CSS.OCCO. The summed E-state index contributed by atoms with van der Waals surface area (Å²) in [5.41, 5.74) is 0. The second-order valence-electron chi connectivity index (χ2n) is 0.630. The summed E-state index contributed by atoms with van der Waals surface area (Å²) in [7, 11) is 0.856. The molecule has 0 aromatic rings. The average Bonchev–Trinajstić information content (AvgIpc) is 1.88. The van der Waals surface area contributed by atoms with Crippen LogP contribution < -0.4 is 0 Å². The van der Waals surface area contributed by atoms with Crippen molar-refractivity contribution in [1.29, 1.82) is 5.26 Å². The zero-order chi connectivity index (χ0) is 6.83. The van der Waals surface area contributed by atoms with Crippen LogP contribution in [-0.2, 0) is 0 Å². The molecule has 0 saturated heterocycles. The lowest BCUT2D eigenvalue weighted by atomic mass is 10.8. The molecule has 5 heteroatoms. The number of nitriles is 1. The van der Waals surface area contributed by atoms with Gasteiger partial charge in [-0.2, -0.15) is 5.26 Å². The van der Waals surface area contributed by atoms with Gasteiger partial charge in [-0.1, -0.05) is 11.7 Å². The van der Waals surface area contributed by atoms with Gasteiger partial charge in [0.05, 0.1) is 13.2 Å². The number of nitrogens with zero attached hydrogens (tertiary/aromatic N) is 1. The van der Waals surface area contributed by atoms with E-state index in [1.807, 2.05) is 0 Å². The maximum absolute atomic E-state index is 7.62. The van der Waals surface area contributed by atoms with Crippen LogP contribution >= 0.6 is 22.5 Å². The van der Waals surface area contributed by atoms with Crippen molar-refractivity contribution in [2.24, 2.45) is 0 Å². The van der Waals surface area contributed by atoms with E-state index >= 15 is 0 Å². The van der Waals surface area contributed by atoms with Crippen LogP contribution in [0, 0.1) is 10.7 Å². The Morgan fingerprint density at radius 1 is 1.50 bits per heavy atom. The fourth-order valence-corrected chi connectivity index (χ4v) is 0. The van der Waals surface area contributed by atoms with Gasteiger partial charge in [0.15, 0.2) is 0 Å². The van der Waals surface area contributed by atoms with Crippen molar-refractivity contribution in [2.45, 2.75) is 0 Å². The summed E-state index contributed by atoms with van der Waals surface area (Å²) < 4.78 is 0. The highest BCUT2D eigenvalue weighted by atomic mass is 33.1. The van der Waals surface area contributed by atoms with Gasteiger partial charge >= 0.3 is 0 Å². The van der Waals surface area contributed by atoms with Crippen LogP contribution in [0.15, 0.2) is 0 Å². The Bertz CT molecular complexity index is 60.8. The van der Waals surface area contributed by atoms with E-state index in [2.05, 4.69) is 11.7 Å². The van der Waals surface area contributed by atoms with Crippen molar-refractivity contribution in [3.63, 3.8) is 0 Å². The van der Waals surface area contributed by atoms with E-state index in [4.69, 9.17) is 15.5 Å². The lowest BCUT2D eigenvalue weighted by Gasteiger charge is -1.70. The summed E-state index contributed by atoms with van der Waals surface area (Å²) in [6.45, 7) is -0.250. The summed E-state index contributed by atoms with van der Waals surface area (Å²) in [5.74, 6) is 0. The Hall–Kier alpha value is 0.110. The molecule has 0 spiro atoms.